The third-order valence-corrected chi connectivity index (χ3v) is 1.28. The van der Waals surface area contributed by atoms with Gasteiger partial charge >= 0.3 is 6.18 Å². The van der Waals surface area contributed by atoms with Crippen molar-refractivity contribution in [2.45, 2.75) is 12.6 Å². The van der Waals surface area contributed by atoms with Crippen LogP contribution in [0.25, 0.3) is 0 Å². The Morgan fingerprint density at radius 3 is 2.57 bits per heavy atom. The smallest absolute Gasteiger partial charge is 0.355 e. The number of hydrogen-bond acceptors (Lipinski definition) is 2. The van der Waals surface area contributed by atoms with E-state index in [1.54, 1.807) is 6.08 Å². The topological polar surface area (TPSA) is 41.1 Å². The second-order valence-corrected chi connectivity index (χ2v) is 2.65. The van der Waals surface area contributed by atoms with Gasteiger partial charge < -0.3 is 10.6 Å². The Hall–Kier alpha value is -1.04. The molecule has 0 spiro atoms. The minimum absolute atomic E-state index is 0.323. The van der Waals surface area contributed by atoms with Crippen LogP contribution in [0.15, 0.2) is 12.7 Å². The van der Waals surface area contributed by atoms with E-state index in [0.717, 1.165) is 0 Å². The van der Waals surface area contributed by atoms with Crippen molar-refractivity contribution in [2.24, 2.45) is 0 Å². The molecule has 2 N–H and O–H groups in total. The Kier molecular flexibility index (Phi) is 5.94. The predicted octanol–water partition coefficient (Wildman–Crippen LogP) is 0.831. The van der Waals surface area contributed by atoms with Crippen molar-refractivity contribution in [1.82, 2.24) is 10.6 Å². The molecule has 0 heterocycles. The highest BCUT2D eigenvalue weighted by molar-refractivity contribution is 5.77. The zero-order valence-corrected chi connectivity index (χ0v) is 7.66. The van der Waals surface area contributed by atoms with Gasteiger partial charge in [-0.25, -0.2) is 0 Å². The number of amides is 1. The maximum Gasteiger partial charge on any atom is 0.401 e. The zero-order valence-electron chi connectivity index (χ0n) is 7.66. The monoisotopic (exact) mass is 210 g/mol. The normalized spacial score (nSPS) is 11.1. The average Bonchev–Trinajstić information content (AvgIpc) is 2.02. The summed E-state index contributed by atoms with van der Waals surface area (Å²) in [4.78, 5) is 10.8. The summed E-state index contributed by atoms with van der Waals surface area (Å²) in [5.41, 5.74) is 0. The fraction of sp³-hybridized carbons (Fsp3) is 0.625. The molecule has 0 saturated carbocycles. The summed E-state index contributed by atoms with van der Waals surface area (Å²) >= 11 is 0. The molecule has 82 valence electrons. The second kappa shape index (κ2) is 6.42. The van der Waals surface area contributed by atoms with Gasteiger partial charge in [-0.05, 0) is 6.42 Å². The molecule has 0 atom stereocenters. The molecule has 0 aromatic rings. The first-order valence-corrected chi connectivity index (χ1v) is 4.11. The van der Waals surface area contributed by atoms with Crippen LogP contribution in [0.5, 0.6) is 0 Å². The summed E-state index contributed by atoms with van der Waals surface area (Å²) in [6, 6.07) is 0. The van der Waals surface area contributed by atoms with Gasteiger partial charge in [0.15, 0.2) is 0 Å². The number of carbonyl (C=O) groups is 1. The lowest BCUT2D eigenvalue weighted by Gasteiger charge is -2.07. The van der Waals surface area contributed by atoms with Crippen molar-refractivity contribution < 1.29 is 18.0 Å². The molecular formula is C8H13F3N2O. The van der Waals surface area contributed by atoms with Gasteiger partial charge in [-0.3, -0.25) is 4.79 Å². The van der Waals surface area contributed by atoms with E-state index in [0.29, 0.717) is 13.0 Å². The molecule has 0 fully saturated rings. The lowest BCUT2D eigenvalue weighted by molar-refractivity contribution is -0.128. The standard InChI is InChI=1S/C8H13F3N2O/c1-2-3-4-13-7(14)5-12-6-8(9,10)11/h2,12H,1,3-6H2,(H,13,14). The van der Waals surface area contributed by atoms with E-state index in [1.165, 1.54) is 0 Å². The zero-order chi connectivity index (χ0) is 11.0. The summed E-state index contributed by atoms with van der Waals surface area (Å²) in [7, 11) is 0. The van der Waals surface area contributed by atoms with Gasteiger partial charge in [0.25, 0.3) is 0 Å². The van der Waals surface area contributed by atoms with Gasteiger partial charge in [0.1, 0.15) is 0 Å². The van der Waals surface area contributed by atoms with Crippen LogP contribution in [0.3, 0.4) is 0 Å². The predicted molar refractivity (Wildman–Crippen MR) is 46.7 cm³/mol. The third kappa shape index (κ3) is 9.05. The number of hydrogen-bond donors (Lipinski definition) is 2. The molecular weight excluding hydrogens is 197 g/mol. The molecule has 1 amide bonds. The van der Waals surface area contributed by atoms with E-state index in [4.69, 9.17) is 0 Å². The Balaban J connectivity index is 3.40. The van der Waals surface area contributed by atoms with E-state index in [2.05, 4.69) is 11.9 Å². The fourth-order valence-electron chi connectivity index (χ4n) is 0.694. The molecule has 0 aliphatic carbocycles. The Bertz CT molecular complexity index is 192. The molecule has 0 unspecified atom stereocenters. The van der Waals surface area contributed by atoms with Crippen molar-refractivity contribution in [3.63, 3.8) is 0 Å². The third-order valence-electron chi connectivity index (χ3n) is 1.28. The minimum atomic E-state index is -4.28. The quantitative estimate of drug-likeness (QED) is 0.503. The van der Waals surface area contributed by atoms with Gasteiger partial charge in [-0.15, -0.1) is 6.58 Å². The second-order valence-electron chi connectivity index (χ2n) is 2.65. The van der Waals surface area contributed by atoms with Crippen molar-refractivity contribution in [3.05, 3.63) is 12.7 Å². The first-order chi connectivity index (χ1) is 6.45. The Labute approximate surface area is 80.4 Å². The first-order valence-electron chi connectivity index (χ1n) is 4.11. The maximum absolute atomic E-state index is 11.6. The Morgan fingerprint density at radius 2 is 2.07 bits per heavy atom. The van der Waals surface area contributed by atoms with E-state index in [1.807, 2.05) is 5.32 Å². The van der Waals surface area contributed by atoms with E-state index in [9.17, 15) is 18.0 Å². The lowest BCUT2D eigenvalue weighted by atomic mass is 10.4. The van der Waals surface area contributed by atoms with Gasteiger partial charge in [0.05, 0.1) is 13.1 Å². The number of alkyl halides is 3. The van der Waals surface area contributed by atoms with Crippen LogP contribution in [-0.2, 0) is 4.79 Å². The molecule has 0 bridgehead atoms. The van der Waals surface area contributed by atoms with E-state index >= 15 is 0 Å². The molecule has 0 aliphatic rings. The largest absolute Gasteiger partial charge is 0.401 e. The molecule has 0 radical (unpaired) electrons. The SMILES string of the molecule is C=CCCNC(=O)CNCC(F)(F)F. The number of carbonyl (C=O) groups excluding carboxylic acids is 1. The molecule has 0 aliphatic heterocycles. The van der Waals surface area contributed by atoms with E-state index < -0.39 is 18.6 Å². The van der Waals surface area contributed by atoms with Gasteiger partial charge in [0, 0.05) is 6.54 Å². The Morgan fingerprint density at radius 1 is 1.43 bits per heavy atom. The van der Waals surface area contributed by atoms with Crippen LogP contribution >= 0.6 is 0 Å². The number of rotatable bonds is 6. The molecule has 14 heavy (non-hydrogen) atoms. The number of halogens is 3. The fourth-order valence-corrected chi connectivity index (χ4v) is 0.694. The summed E-state index contributed by atoms with van der Waals surface area (Å²) < 4.78 is 34.8. The van der Waals surface area contributed by atoms with Crippen LogP contribution in [0.1, 0.15) is 6.42 Å². The highest BCUT2D eigenvalue weighted by atomic mass is 19.4. The van der Waals surface area contributed by atoms with Crippen LogP contribution in [0.4, 0.5) is 13.2 Å². The molecule has 0 rings (SSSR count). The van der Waals surface area contributed by atoms with Crippen molar-refractivity contribution in [3.8, 4) is 0 Å². The summed E-state index contributed by atoms with van der Waals surface area (Å²) in [5.74, 6) is -0.448. The highest BCUT2D eigenvalue weighted by Gasteiger charge is 2.26. The van der Waals surface area contributed by atoms with Crippen molar-refractivity contribution in [2.75, 3.05) is 19.6 Å². The van der Waals surface area contributed by atoms with E-state index in [-0.39, 0.29) is 6.54 Å². The molecule has 3 nitrogen and oxygen atoms in total. The van der Waals surface area contributed by atoms with Gasteiger partial charge in [-0.2, -0.15) is 13.2 Å². The number of nitrogens with one attached hydrogen (secondary N) is 2. The minimum Gasteiger partial charge on any atom is -0.355 e. The van der Waals surface area contributed by atoms with Crippen LogP contribution < -0.4 is 10.6 Å². The summed E-state index contributed by atoms with van der Waals surface area (Å²) in [5, 5.41) is 4.42. The van der Waals surface area contributed by atoms with Crippen LogP contribution in [0, 0.1) is 0 Å². The molecule has 0 aromatic heterocycles. The maximum atomic E-state index is 11.6. The molecule has 0 aromatic carbocycles. The van der Waals surface area contributed by atoms with Gasteiger partial charge in [-0.1, -0.05) is 6.08 Å². The summed E-state index contributed by atoms with van der Waals surface area (Å²) in [6.45, 7) is 2.36. The average molecular weight is 210 g/mol. The highest BCUT2D eigenvalue weighted by Crippen LogP contribution is 2.11. The van der Waals surface area contributed by atoms with Crippen molar-refractivity contribution in [1.29, 1.82) is 0 Å². The molecule has 6 heteroatoms. The first kappa shape index (κ1) is 13.0. The van der Waals surface area contributed by atoms with Crippen LogP contribution in [0.2, 0.25) is 0 Å². The lowest BCUT2D eigenvalue weighted by Crippen LogP contribution is -2.38. The van der Waals surface area contributed by atoms with Crippen molar-refractivity contribution >= 4 is 5.91 Å². The van der Waals surface area contributed by atoms with Gasteiger partial charge in [0.2, 0.25) is 5.91 Å². The summed E-state index contributed by atoms with van der Waals surface area (Å²) in [6.07, 6.45) is -2.06. The van der Waals surface area contributed by atoms with Crippen LogP contribution in [-0.4, -0.2) is 31.7 Å². The molecule has 0 saturated heterocycles.